The Morgan fingerprint density at radius 2 is 0.850 bits per heavy atom. The second-order valence-electron chi connectivity index (χ2n) is 10.5. The maximum absolute atomic E-state index is 14.9. The van der Waals surface area contributed by atoms with Crippen molar-refractivity contribution in [2.75, 3.05) is 23.0 Å². The van der Waals surface area contributed by atoms with Crippen molar-refractivity contribution in [3.05, 3.63) is 131 Å². The van der Waals surface area contributed by atoms with E-state index in [0.29, 0.717) is 24.2 Å². The minimum absolute atomic E-state index is 0.0490. The third-order valence-electron chi connectivity index (χ3n) is 8.60. The first-order chi connectivity index (χ1) is 19.6. The van der Waals surface area contributed by atoms with Crippen LogP contribution < -0.4 is 9.80 Å². The van der Waals surface area contributed by atoms with Gasteiger partial charge >= 0.3 is 0 Å². The second-order valence-corrected chi connectivity index (χ2v) is 10.5. The number of fused-ring (bicyclic) bond motifs is 2. The van der Waals surface area contributed by atoms with Crippen LogP contribution in [0.4, 0.5) is 11.4 Å². The first-order valence-electron chi connectivity index (χ1n) is 13.7. The van der Waals surface area contributed by atoms with Gasteiger partial charge in [0, 0.05) is 24.6 Å². The monoisotopic (exact) mass is 532 g/mol. The van der Waals surface area contributed by atoms with E-state index >= 15 is 0 Å². The number of hydrogen-bond acceptors (Lipinski definition) is 4. The molecule has 2 N–H and O–H groups in total. The molecule has 40 heavy (non-hydrogen) atoms. The molecule has 0 radical (unpaired) electrons. The van der Waals surface area contributed by atoms with Gasteiger partial charge in [-0.05, 0) is 47.2 Å². The Morgan fingerprint density at radius 1 is 0.500 bits per heavy atom. The van der Waals surface area contributed by atoms with Crippen LogP contribution in [0.25, 0.3) is 0 Å². The lowest BCUT2D eigenvalue weighted by Crippen LogP contribution is -2.60. The van der Waals surface area contributed by atoms with Crippen LogP contribution in [-0.4, -0.2) is 35.2 Å². The van der Waals surface area contributed by atoms with Gasteiger partial charge in [-0.15, -0.1) is 0 Å². The highest BCUT2D eigenvalue weighted by molar-refractivity contribution is 6.18. The highest BCUT2D eigenvalue weighted by Crippen LogP contribution is 2.61. The van der Waals surface area contributed by atoms with Crippen molar-refractivity contribution < 1.29 is 19.8 Å². The van der Waals surface area contributed by atoms with Gasteiger partial charge in [0.15, 0.2) is 0 Å². The molecule has 6 rings (SSSR count). The summed E-state index contributed by atoms with van der Waals surface area (Å²) >= 11 is 0. The normalized spacial score (nSPS) is 21.6. The van der Waals surface area contributed by atoms with E-state index in [1.807, 2.05) is 109 Å². The van der Waals surface area contributed by atoms with E-state index in [0.717, 1.165) is 22.5 Å². The van der Waals surface area contributed by atoms with Crippen molar-refractivity contribution in [3.63, 3.8) is 0 Å². The third kappa shape index (κ3) is 3.71. The summed E-state index contributed by atoms with van der Waals surface area (Å²) in [5.74, 6) is -0.463. The SMILES string of the molecule is O=C1N(Cc2ccccc2)c2ccccc2[C@@]1(CCO)[C@@]1(CCO)C(=O)N(Cc2ccccc2)c2ccccc21. The van der Waals surface area contributed by atoms with Crippen molar-refractivity contribution in [1.82, 2.24) is 0 Å². The van der Waals surface area contributed by atoms with Gasteiger partial charge in [0.1, 0.15) is 0 Å². The molecule has 6 heteroatoms. The van der Waals surface area contributed by atoms with E-state index in [4.69, 9.17) is 0 Å². The number of nitrogens with zero attached hydrogens (tertiary/aromatic N) is 2. The van der Waals surface area contributed by atoms with Crippen LogP contribution in [-0.2, 0) is 33.5 Å². The molecule has 0 bridgehead atoms. The third-order valence-corrected chi connectivity index (χ3v) is 8.60. The fraction of sp³-hybridized carbons (Fsp3) is 0.235. The van der Waals surface area contributed by atoms with Crippen LogP contribution >= 0.6 is 0 Å². The van der Waals surface area contributed by atoms with E-state index in [2.05, 4.69) is 0 Å². The van der Waals surface area contributed by atoms with Crippen molar-refractivity contribution in [1.29, 1.82) is 0 Å². The molecule has 4 aromatic rings. The zero-order valence-electron chi connectivity index (χ0n) is 22.2. The van der Waals surface area contributed by atoms with Crippen LogP contribution in [0.1, 0.15) is 35.1 Å². The topological polar surface area (TPSA) is 81.1 Å². The average Bonchev–Trinajstić information content (AvgIpc) is 3.37. The largest absolute Gasteiger partial charge is 0.396 e. The molecular weight excluding hydrogens is 500 g/mol. The molecule has 0 unspecified atom stereocenters. The maximum Gasteiger partial charge on any atom is 0.239 e. The van der Waals surface area contributed by atoms with Crippen molar-refractivity contribution in [3.8, 4) is 0 Å². The Hall–Kier alpha value is -4.26. The number of aliphatic hydroxyl groups excluding tert-OH is 2. The molecule has 2 aliphatic heterocycles. The van der Waals surface area contributed by atoms with E-state index < -0.39 is 10.8 Å². The first kappa shape index (κ1) is 26.0. The van der Waals surface area contributed by atoms with E-state index in [9.17, 15) is 19.8 Å². The van der Waals surface area contributed by atoms with Crippen molar-refractivity contribution in [2.45, 2.75) is 36.8 Å². The van der Waals surface area contributed by atoms with Gasteiger partial charge < -0.3 is 20.0 Å². The summed E-state index contributed by atoms with van der Waals surface area (Å²) < 4.78 is 0. The number of para-hydroxylation sites is 2. The Labute approximate surface area is 234 Å². The Kier molecular flexibility index (Phi) is 6.74. The zero-order valence-corrected chi connectivity index (χ0v) is 22.2. The quantitative estimate of drug-likeness (QED) is 0.327. The van der Waals surface area contributed by atoms with Crippen LogP contribution in [0.2, 0.25) is 0 Å². The molecule has 4 aromatic carbocycles. The number of aliphatic hydroxyl groups is 2. The zero-order chi connectivity index (χ0) is 27.7. The van der Waals surface area contributed by atoms with Gasteiger partial charge in [-0.2, -0.15) is 0 Å². The predicted molar refractivity (Wildman–Crippen MR) is 155 cm³/mol. The van der Waals surface area contributed by atoms with Gasteiger partial charge in [0.05, 0.1) is 23.9 Å². The van der Waals surface area contributed by atoms with Gasteiger partial charge in [-0.1, -0.05) is 97.1 Å². The molecule has 2 heterocycles. The predicted octanol–water partition coefficient (Wildman–Crippen LogP) is 4.72. The van der Waals surface area contributed by atoms with Crippen LogP contribution in [0.5, 0.6) is 0 Å². The minimum atomic E-state index is -1.41. The van der Waals surface area contributed by atoms with Crippen LogP contribution in [0.15, 0.2) is 109 Å². The second kappa shape index (κ2) is 10.4. The summed E-state index contributed by atoms with van der Waals surface area (Å²) in [7, 11) is 0. The number of anilines is 2. The fourth-order valence-corrected chi connectivity index (χ4v) is 6.97. The Morgan fingerprint density at radius 3 is 1.23 bits per heavy atom. The van der Waals surface area contributed by atoms with Crippen LogP contribution in [0.3, 0.4) is 0 Å². The van der Waals surface area contributed by atoms with E-state index in [1.165, 1.54) is 0 Å². The number of rotatable bonds is 9. The first-order valence-corrected chi connectivity index (χ1v) is 13.7. The molecule has 6 nitrogen and oxygen atoms in total. The molecule has 0 aromatic heterocycles. The van der Waals surface area contributed by atoms with Crippen molar-refractivity contribution in [2.24, 2.45) is 0 Å². The number of carbonyl (C=O) groups is 2. The standard InChI is InChI=1S/C34H32N2O4/c37-21-19-33(27-15-7-9-17-29(27)35(31(33)39)23-25-11-3-1-4-12-25)34(20-22-38)28-16-8-10-18-30(28)36(32(34)40)24-26-13-5-2-6-14-26/h1-18,37-38H,19-24H2/t33-,34-/m1/s1. The smallest absolute Gasteiger partial charge is 0.239 e. The summed E-state index contributed by atoms with van der Waals surface area (Å²) in [6, 6.07) is 34.7. The lowest BCUT2D eigenvalue weighted by atomic mass is 9.54. The average molecular weight is 533 g/mol. The number of benzene rings is 4. The molecule has 2 aliphatic rings. The minimum Gasteiger partial charge on any atom is -0.396 e. The lowest BCUT2D eigenvalue weighted by Gasteiger charge is -2.44. The van der Waals surface area contributed by atoms with Gasteiger partial charge in [0.2, 0.25) is 11.8 Å². The molecule has 0 saturated carbocycles. The van der Waals surface area contributed by atoms with Gasteiger partial charge in [-0.3, -0.25) is 9.59 Å². The fourth-order valence-electron chi connectivity index (χ4n) is 6.97. The van der Waals surface area contributed by atoms with E-state index in [-0.39, 0.29) is 37.9 Å². The van der Waals surface area contributed by atoms with E-state index in [1.54, 1.807) is 9.80 Å². The molecule has 0 saturated heterocycles. The number of amides is 2. The molecule has 2 amide bonds. The molecular formula is C34H32N2O4. The Balaban J connectivity index is 1.58. The molecule has 0 spiro atoms. The molecule has 202 valence electrons. The Bertz CT molecular complexity index is 1420. The summed E-state index contributed by atoms with van der Waals surface area (Å²) in [6.07, 6.45) is 0.0980. The summed E-state index contributed by atoms with van der Waals surface area (Å²) in [5, 5.41) is 21.1. The summed E-state index contributed by atoms with van der Waals surface area (Å²) in [6.45, 7) is 0.0897. The molecule has 2 atom stereocenters. The number of hydrogen-bond donors (Lipinski definition) is 2. The number of carbonyl (C=O) groups excluding carboxylic acids is 2. The highest BCUT2D eigenvalue weighted by atomic mass is 16.3. The molecule has 0 fully saturated rings. The lowest BCUT2D eigenvalue weighted by molar-refractivity contribution is -0.136. The van der Waals surface area contributed by atoms with Crippen molar-refractivity contribution >= 4 is 23.2 Å². The van der Waals surface area contributed by atoms with Gasteiger partial charge in [0.25, 0.3) is 0 Å². The van der Waals surface area contributed by atoms with Gasteiger partial charge in [-0.25, -0.2) is 0 Å². The summed E-state index contributed by atoms with van der Waals surface area (Å²) in [4.78, 5) is 33.3. The maximum atomic E-state index is 14.9. The summed E-state index contributed by atoms with van der Waals surface area (Å²) in [5.41, 5.74) is 1.99. The highest BCUT2D eigenvalue weighted by Gasteiger charge is 2.69. The molecule has 0 aliphatic carbocycles. The van der Waals surface area contributed by atoms with Crippen LogP contribution in [0, 0.1) is 0 Å².